The Kier molecular flexibility index (Phi) is 13.4. The molecule has 3 aromatic heterocycles. The Balaban J connectivity index is 0.000000322. The van der Waals surface area contributed by atoms with Gasteiger partial charge in [0.2, 0.25) is 0 Å². The summed E-state index contributed by atoms with van der Waals surface area (Å²) in [5.74, 6) is -0.271. The van der Waals surface area contributed by atoms with Gasteiger partial charge in [-0.2, -0.15) is 13.2 Å². The van der Waals surface area contributed by atoms with Crippen LogP contribution in [0.2, 0.25) is 0 Å². The van der Waals surface area contributed by atoms with Gasteiger partial charge in [0.05, 0.1) is 16.9 Å². The number of aliphatic hydroxyl groups excluding tert-OH is 1. The minimum Gasteiger partial charge on any atom is -0.512 e. The van der Waals surface area contributed by atoms with Crippen LogP contribution < -0.4 is 0 Å². The fraction of sp³-hybridized carbons (Fsp3) is 0.405. The molecule has 255 valence electrons. The Labute approximate surface area is 290 Å². The van der Waals surface area contributed by atoms with E-state index < -0.39 is 17.6 Å². The van der Waals surface area contributed by atoms with Gasteiger partial charge in [0, 0.05) is 64.9 Å². The van der Waals surface area contributed by atoms with Crippen molar-refractivity contribution >= 4 is 49.1 Å². The number of benzene rings is 2. The van der Waals surface area contributed by atoms with Crippen molar-refractivity contribution in [2.75, 3.05) is 0 Å². The van der Waals surface area contributed by atoms with Gasteiger partial charge in [-0.25, -0.2) is 4.39 Å². The van der Waals surface area contributed by atoms with Crippen LogP contribution in [0.4, 0.5) is 17.6 Å². The van der Waals surface area contributed by atoms with Crippen LogP contribution in [0.1, 0.15) is 77.7 Å². The van der Waals surface area contributed by atoms with Gasteiger partial charge >= 0.3 is 6.18 Å². The number of ketones is 1. The molecule has 0 aliphatic rings. The maximum atomic E-state index is 14.2. The second-order valence-corrected chi connectivity index (χ2v) is 13.0. The van der Waals surface area contributed by atoms with Gasteiger partial charge < -0.3 is 14.5 Å². The van der Waals surface area contributed by atoms with Gasteiger partial charge in [0.25, 0.3) is 0 Å². The molecule has 0 saturated carbocycles. The largest absolute Gasteiger partial charge is 0.512 e. The first-order chi connectivity index (χ1) is 21.8. The molecule has 5 aromatic rings. The molecule has 0 aliphatic heterocycles. The normalized spacial score (nSPS) is 12.3. The fourth-order valence-corrected chi connectivity index (χ4v) is 6.99. The van der Waals surface area contributed by atoms with E-state index in [4.69, 9.17) is 4.42 Å². The predicted octanol–water partition coefficient (Wildman–Crippen LogP) is 11.9. The number of nitrogens with zero attached hydrogens (tertiary/aromatic N) is 1. The Hall–Kier alpha value is -3.07. The summed E-state index contributed by atoms with van der Waals surface area (Å²) in [6.07, 6.45) is 2.74. The van der Waals surface area contributed by atoms with E-state index in [0.29, 0.717) is 34.2 Å². The number of allylic oxidation sites excluding steroid dienone is 2. The van der Waals surface area contributed by atoms with E-state index in [1.54, 1.807) is 29.7 Å². The second kappa shape index (κ2) is 16.4. The number of thiophene rings is 1. The summed E-state index contributed by atoms with van der Waals surface area (Å²) in [5, 5.41) is 11.6. The van der Waals surface area contributed by atoms with Crippen molar-refractivity contribution in [3.05, 3.63) is 76.8 Å². The third-order valence-electron chi connectivity index (χ3n) is 8.24. The number of aromatic nitrogens is 1. The van der Waals surface area contributed by atoms with Crippen LogP contribution in [0.25, 0.3) is 43.3 Å². The number of aliphatic hydroxyl groups is 1. The molecule has 0 fully saturated rings. The van der Waals surface area contributed by atoms with Crippen LogP contribution in [0, 0.1) is 29.6 Å². The molecule has 2 aromatic carbocycles. The Morgan fingerprint density at radius 2 is 1.68 bits per heavy atom. The number of pyridine rings is 1. The van der Waals surface area contributed by atoms with Crippen molar-refractivity contribution in [3.8, 4) is 11.3 Å². The van der Waals surface area contributed by atoms with Crippen LogP contribution in [0.15, 0.2) is 58.8 Å². The van der Waals surface area contributed by atoms with Gasteiger partial charge in [-0.15, -0.1) is 29.5 Å². The maximum Gasteiger partial charge on any atom is 0.419 e. The number of carbonyl (C=O) groups is 1. The van der Waals surface area contributed by atoms with Crippen molar-refractivity contribution in [1.29, 1.82) is 0 Å². The Morgan fingerprint density at radius 3 is 2.28 bits per heavy atom. The molecule has 4 nitrogen and oxygen atoms in total. The number of carbonyl (C=O) groups excluding carboxylic acids is 1. The quantitative estimate of drug-likeness (QED) is 0.0658. The zero-order valence-electron chi connectivity index (χ0n) is 27.4. The second-order valence-electron chi connectivity index (χ2n) is 11.9. The molecule has 1 N–H and O–H groups in total. The van der Waals surface area contributed by atoms with Crippen LogP contribution in [0.3, 0.4) is 0 Å². The summed E-state index contributed by atoms with van der Waals surface area (Å²) >= 11 is 1.64. The molecule has 3 heterocycles. The van der Waals surface area contributed by atoms with Gasteiger partial charge in [0.1, 0.15) is 11.4 Å². The SMILES string of the molecule is CC(C)Cc1cc2ccnc(-c3[c-]ccc4c3oc3cc(C(F)(F)F)c(F)cc34)c2s1.CCC(CC)C(=O)/C=C(\O)C(CC)CC.[Ir]. The first-order valence-corrected chi connectivity index (χ1v) is 16.6. The third kappa shape index (κ3) is 8.70. The van der Waals surface area contributed by atoms with E-state index in [0.717, 1.165) is 48.3 Å². The predicted molar refractivity (Wildman–Crippen MR) is 179 cm³/mol. The third-order valence-corrected chi connectivity index (χ3v) is 9.42. The zero-order valence-corrected chi connectivity index (χ0v) is 30.6. The molecule has 0 bridgehead atoms. The van der Waals surface area contributed by atoms with E-state index in [1.165, 1.54) is 11.0 Å². The van der Waals surface area contributed by atoms with E-state index in [-0.39, 0.29) is 54.5 Å². The van der Waals surface area contributed by atoms with E-state index in [1.807, 2.05) is 33.8 Å². The first-order valence-electron chi connectivity index (χ1n) is 15.8. The summed E-state index contributed by atoms with van der Waals surface area (Å²) in [5.41, 5.74) is 0.171. The summed E-state index contributed by atoms with van der Waals surface area (Å²) in [6.45, 7) is 12.4. The molecule has 10 heteroatoms. The Bertz CT molecular complexity index is 1850. The molecule has 0 aliphatic carbocycles. The summed E-state index contributed by atoms with van der Waals surface area (Å²) in [7, 11) is 0. The number of rotatable bonds is 10. The van der Waals surface area contributed by atoms with Crippen LogP contribution >= 0.6 is 11.3 Å². The minimum atomic E-state index is -4.80. The average molecular weight is 847 g/mol. The number of hydrogen-bond acceptors (Lipinski definition) is 5. The van der Waals surface area contributed by atoms with E-state index in [9.17, 15) is 27.5 Å². The topological polar surface area (TPSA) is 63.3 Å². The Morgan fingerprint density at radius 1 is 1.02 bits per heavy atom. The molecule has 5 rings (SSSR count). The van der Waals surface area contributed by atoms with Gasteiger partial charge in [-0.1, -0.05) is 52.5 Å². The van der Waals surface area contributed by atoms with Crippen LogP contribution in [0.5, 0.6) is 0 Å². The number of fused-ring (bicyclic) bond motifs is 4. The standard InChI is InChI=1S/C24H16F4NOS.C13H24O2.Ir/c1-12(2)8-14-9-13-6-7-29-21(23(13)31-14)16-5-3-4-15-17-10-19(25)18(24(26,27)28)11-20(17)30-22(15)16;1-5-10(6-2)12(14)9-13(15)11(7-3)8-4;/h3-4,6-7,9-12H,8H2,1-2H3;9-11,14H,5-8H2,1-4H3;/q-1;;/b;12-9-;. The van der Waals surface area contributed by atoms with Crippen LogP contribution in [-0.4, -0.2) is 15.9 Å². The maximum absolute atomic E-state index is 14.2. The molecule has 0 saturated heterocycles. The van der Waals surface area contributed by atoms with Crippen molar-refractivity contribution in [2.24, 2.45) is 17.8 Å². The molecule has 1 radical (unpaired) electrons. The molecule has 0 amide bonds. The molecule has 47 heavy (non-hydrogen) atoms. The molecule has 0 atom stereocenters. The molecular formula is C37H40F4IrNO3S-. The molecule has 0 spiro atoms. The van der Waals surface area contributed by atoms with Gasteiger partial charge in [0.15, 0.2) is 5.78 Å². The molecular weight excluding hydrogens is 807 g/mol. The van der Waals surface area contributed by atoms with E-state index >= 15 is 0 Å². The smallest absolute Gasteiger partial charge is 0.419 e. The van der Waals surface area contributed by atoms with Crippen molar-refractivity contribution < 1.29 is 52.0 Å². The number of hydrogen-bond donors (Lipinski definition) is 1. The fourth-order valence-electron chi connectivity index (χ4n) is 5.63. The van der Waals surface area contributed by atoms with Gasteiger partial charge in [-0.3, -0.25) is 4.79 Å². The number of furan rings is 1. The van der Waals surface area contributed by atoms with Crippen molar-refractivity contribution in [2.45, 2.75) is 79.8 Å². The van der Waals surface area contributed by atoms with Crippen molar-refractivity contribution in [1.82, 2.24) is 4.98 Å². The first kappa shape index (κ1) is 38.4. The number of alkyl halides is 3. The zero-order chi connectivity index (χ0) is 33.8. The van der Waals surface area contributed by atoms with Gasteiger partial charge in [-0.05, 0) is 67.7 Å². The monoisotopic (exact) mass is 847 g/mol. The van der Waals surface area contributed by atoms with E-state index in [2.05, 4.69) is 31.0 Å². The summed E-state index contributed by atoms with van der Waals surface area (Å²) < 4.78 is 60.4. The summed E-state index contributed by atoms with van der Waals surface area (Å²) in [4.78, 5) is 17.5. The number of halogens is 4. The minimum absolute atomic E-state index is 0. The molecule has 0 unspecified atom stereocenters. The average Bonchev–Trinajstić information content (AvgIpc) is 3.57. The summed E-state index contributed by atoms with van der Waals surface area (Å²) in [6, 6.07) is 12.1. The van der Waals surface area contributed by atoms with Crippen molar-refractivity contribution in [3.63, 3.8) is 0 Å². The van der Waals surface area contributed by atoms with Crippen LogP contribution in [-0.2, 0) is 37.5 Å².